The van der Waals surface area contributed by atoms with Crippen molar-refractivity contribution in [2.75, 3.05) is 5.32 Å². The molecular weight excluding hydrogens is 380 g/mol. The highest BCUT2D eigenvalue weighted by Gasteiger charge is 2.32. The Morgan fingerprint density at radius 2 is 1.83 bits per heavy atom. The molecule has 30 heavy (non-hydrogen) atoms. The van der Waals surface area contributed by atoms with Gasteiger partial charge in [0.05, 0.1) is 24.0 Å². The van der Waals surface area contributed by atoms with Crippen molar-refractivity contribution in [1.82, 2.24) is 15.1 Å². The topological polar surface area (TPSA) is 85.3 Å². The summed E-state index contributed by atoms with van der Waals surface area (Å²) in [5, 5.41) is 10.2. The molecule has 0 radical (unpaired) electrons. The van der Waals surface area contributed by atoms with Gasteiger partial charge in [-0.1, -0.05) is 26.0 Å². The second-order valence-corrected chi connectivity index (χ2v) is 8.65. The number of amides is 2. The molecule has 7 heteroatoms. The van der Waals surface area contributed by atoms with E-state index in [1.165, 1.54) is 0 Å². The summed E-state index contributed by atoms with van der Waals surface area (Å²) < 4.78 is 8.07. The van der Waals surface area contributed by atoms with Gasteiger partial charge < -0.3 is 15.4 Å². The lowest BCUT2D eigenvalue weighted by molar-refractivity contribution is -0.123. The Morgan fingerprint density at radius 3 is 2.40 bits per heavy atom. The molecule has 2 heterocycles. The van der Waals surface area contributed by atoms with Gasteiger partial charge in [-0.25, -0.2) is 0 Å². The third-order valence-corrected chi connectivity index (χ3v) is 5.44. The van der Waals surface area contributed by atoms with Gasteiger partial charge in [0, 0.05) is 30.9 Å². The zero-order valence-corrected chi connectivity index (χ0v) is 18.4. The summed E-state index contributed by atoms with van der Waals surface area (Å²) in [5.41, 5.74) is 2.29. The molecule has 1 aliphatic heterocycles. The molecule has 0 bridgehead atoms. The average molecular weight is 413 g/mol. The number of benzene rings is 1. The van der Waals surface area contributed by atoms with Gasteiger partial charge in [-0.15, -0.1) is 0 Å². The molecule has 0 unspecified atom stereocenters. The number of anilines is 1. The molecule has 1 aromatic carbocycles. The molecule has 2 aromatic rings. The van der Waals surface area contributed by atoms with Crippen LogP contribution in [0, 0.1) is 5.92 Å². The van der Waals surface area contributed by atoms with Crippen molar-refractivity contribution >= 4 is 17.5 Å². The molecule has 2 N–H and O–H groups in total. The predicted octanol–water partition coefficient (Wildman–Crippen LogP) is 4.10. The average Bonchev–Trinajstić information content (AvgIpc) is 3.18. The van der Waals surface area contributed by atoms with Crippen molar-refractivity contribution in [2.45, 2.75) is 71.8 Å². The van der Waals surface area contributed by atoms with E-state index >= 15 is 0 Å². The number of nitrogens with one attached hydrogen (secondary N) is 2. The van der Waals surface area contributed by atoms with E-state index in [1.54, 1.807) is 24.0 Å². The van der Waals surface area contributed by atoms with E-state index in [0.29, 0.717) is 11.5 Å². The molecule has 1 saturated heterocycles. The minimum absolute atomic E-state index is 0.0120. The van der Waals surface area contributed by atoms with Crippen LogP contribution in [0.4, 0.5) is 5.69 Å². The lowest BCUT2D eigenvalue weighted by Crippen LogP contribution is -2.43. The Hall–Kier alpha value is -2.67. The van der Waals surface area contributed by atoms with E-state index in [2.05, 4.69) is 29.6 Å². The van der Waals surface area contributed by atoms with Crippen molar-refractivity contribution in [3.8, 4) is 0 Å². The van der Waals surface area contributed by atoms with Gasteiger partial charge in [0.15, 0.2) is 0 Å². The van der Waals surface area contributed by atoms with E-state index in [1.807, 2.05) is 38.1 Å². The van der Waals surface area contributed by atoms with Crippen molar-refractivity contribution in [1.29, 1.82) is 0 Å². The van der Waals surface area contributed by atoms with Crippen LogP contribution in [0.2, 0.25) is 0 Å². The fourth-order valence-corrected chi connectivity index (χ4v) is 3.73. The monoisotopic (exact) mass is 412 g/mol. The van der Waals surface area contributed by atoms with Crippen molar-refractivity contribution in [2.24, 2.45) is 5.92 Å². The highest BCUT2D eigenvalue weighted by atomic mass is 16.5. The lowest BCUT2D eigenvalue weighted by Gasteiger charge is -2.37. The minimum Gasteiger partial charge on any atom is -0.370 e. The van der Waals surface area contributed by atoms with Gasteiger partial charge in [0.1, 0.15) is 0 Å². The number of rotatable bonds is 6. The molecule has 3 atom stereocenters. The summed E-state index contributed by atoms with van der Waals surface area (Å²) in [6.07, 6.45) is 4.90. The predicted molar refractivity (Wildman–Crippen MR) is 116 cm³/mol. The van der Waals surface area contributed by atoms with Crippen molar-refractivity contribution in [3.05, 3.63) is 47.8 Å². The zero-order valence-electron chi connectivity index (χ0n) is 18.4. The molecular formula is C23H32N4O3. The Morgan fingerprint density at radius 1 is 1.13 bits per heavy atom. The fourth-order valence-electron chi connectivity index (χ4n) is 3.73. The molecule has 0 saturated carbocycles. The zero-order chi connectivity index (χ0) is 21.8. The van der Waals surface area contributed by atoms with Crippen LogP contribution in [-0.2, 0) is 9.53 Å². The van der Waals surface area contributed by atoms with Crippen molar-refractivity contribution in [3.63, 3.8) is 0 Å². The van der Waals surface area contributed by atoms with Gasteiger partial charge in [0.2, 0.25) is 5.91 Å². The first-order valence-corrected chi connectivity index (χ1v) is 10.6. The first-order valence-electron chi connectivity index (χ1n) is 10.6. The summed E-state index contributed by atoms with van der Waals surface area (Å²) in [6.45, 7) is 9.86. The standard InChI is InChI=1S/C23H32N4O3/c1-14(2)21-10-20(25-16(5)28)11-22(30-21)17-6-8-19(9-7-17)26-23(29)18-12-24-27(13-18)15(3)4/h6-9,12-15,20-22H,10-11H2,1-5H3,(H,25,28)(H,26,29)/t20-,21-,22+/m1/s1. The van der Waals surface area contributed by atoms with Crippen LogP contribution in [0.25, 0.3) is 0 Å². The van der Waals surface area contributed by atoms with Crippen molar-refractivity contribution < 1.29 is 14.3 Å². The van der Waals surface area contributed by atoms with Gasteiger partial charge in [-0.3, -0.25) is 14.3 Å². The van der Waals surface area contributed by atoms with Crippen LogP contribution < -0.4 is 10.6 Å². The Kier molecular flexibility index (Phi) is 6.92. The molecule has 1 aromatic heterocycles. The molecule has 0 aliphatic carbocycles. The Balaban J connectivity index is 1.67. The highest BCUT2D eigenvalue weighted by molar-refractivity contribution is 6.03. The van der Waals surface area contributed by atoms with E-state index in [9.17, 15) is 9.59 Å². The fraction of sp³-hybridized carbons (Fsp3) is 0.522. The van der Waals surface area contributed by atoms with E-state index < -0.39 is 0 Å². The van der Waals surface area contributed by atoms with Gasteiger partial charge in [0.25, 0.3) is 5.91 Å². The summed E-state index contributed by atoms with van der Waals surface area (Å²) in [4.78, 5) is 24.0. The number of hydrogen-bond acceptors (Lipinski definition) is 4. The minimum atomic E-state index is -0.186. The molecule has 7 nitrogen and oxygen atoms in total. The largest absolute Gasteiger partial charge is 0.370 e. The maximum Gasteiger partial charge on any atom is 0.258 e. The van der Waals surface area contributed by atoms with E-state index in [0.717, 1.165) is 24.1 Å². The normalized spacial score (nSPS) is 21.6. The Bertz CT molecular complexity index is 873. The number of aromatic nitrogens is 2. The van der Waals surface area contributed by atoms with Crippen LogP contribution in [0.5, 0.6) is 0 Å². The van der Waals surface area contributed by atoms with Crippen LogP contribution >= 0.6 is 0 Å². The lowest BCUT2D eigenvalue weighted by atomic mass is 9.90. The molecule has 1 fully saturated rings. The first kappa shape index (κ1) is 22.0. The smallest absolute Gasteiger partial charge is 0.258 e. The number of ether oxygens (including phenoxy) is 1. The van der Waals surface area contributed by atoms with Crippen LogP contribution in [-0.4, -0.2) is 33.7 Å². The molecule has 1 aliphatic rings. The quantitative estimate of drug-likeness (QED) is 0.748. The number of carbonyl (C=O) groups excluding carboxylic acids is 2. The van der Waals surface area contributed by atoms with E-state index in [4.69, 9.17) is 4.74 Å². The summed E-state index contributed by atoms with van der Waals surface area (Å²) in [7, 11) is 0. The summed E-state index contributed by atoms with van der Waals surface area (Å²) in [6, 6.07) is 8.03. The SMILES string of the molecule is CC(=O)N[C@H]1C[C@@H](c2ccc(NC(=O)c3cnn(C(C)C)c3)cc2)O[C@@H](C(C)C)C1. The maximum absolute atomic E-state index is 12.5. The molecule has 3 rings (SSSR count). The maximum atomic E-state index is 12.5. The van der Waals surface area contributed by atoms with Gasteiger partial charge >= 0.3 is 0 Å². The molecule has 162 valence electrons. The number of carbonyl (C=O) groups is 2. The van der Waals surface area contributed by atoms with Crippen LogP contribution in [0.3, 0.4) is 0 Å². The Labute approximate surface area is 178 Å². The second kappa shape index (κ2) is 9.43. The van der Waals surface area contributed by atoms with Gasteiger partial charge in [-0.2, -0.15) is 5.10 Å². The first-order chi connectivity index (χ1) is 14.2. The third kappa shape index (κ3) is 5.48. The molecule has 2 amide bonds. The third-order valence-electron chi connectivity index (χ3n) is 5.44. The number of nitrogens with zero attached hydrogens (tertiary/aromatic N) is 2. The van der Waals surface area contributed by atoms with Gasteiger partial charge in [-0.05, 0) is 50.3 Å². The summed E-state index contributed by atoms with van der Waals surface area (Å²) >= 11 is 0. The number of hydrogen-bond donors (Lipinski definition) is 2. The molecule has 0 spiro atoms. The highest BCUT2D eigenvalue weighted by Crippen LogP contribution is 2.34. The van der Waals surface area contributed by atoms with E-state index in [-0.39, 0.29) is 36.1 Å². The summed E-state index contributed by atoms with van der Waals surface area (Å²) in [5.74, 6) is 0.172. The second-order valence-electron chi connectivity index (χ2n) is 8.65. The van der Waals surface area contributed by atoms with Crippen LogP contribution in [0.15, 0.2) is 36.7 Å². The van der Waals surface area contributed by atoms with Crippen LogP contribution in [0.1, 0.15) is 75.5 Å².